The number of pyridine rings is 1. The molecule has 0 bridgehead atoms. The normalized spacial score (nSPS) is 23.0. The van der Waals surface area contributed by atoms with Crippen molar-refractivity contribution >= 4 is 105 Å². The van der Waals surface area contributed by atoms with Crippen molar-refractivity contribution in [3.63, 3.8) is 0 Å². The summed E-state index contributed by atoms with van der Waals surface area (Å²) in [5, 5.41) is 37.8. The van der Waals surface area contributed by atoms with Gasteiger partial charge in [0.05, 0.1) is 173 Å². The zero-order valence-electron chi connectivity index (χ0n) is 72.1. The molecule has 0 amide bonds. The number of ether oxygens (including phenoxy) is 2. The summed E-state index contributed by atoms with van der Waals surface area (Å²) in [6.45, 7) is 1.22. The fourth-order valence-electron chi connectivity index (χ4n) is 19.8. The number of ketones is 3. The SMILES string of the molecule is C=S(=O)(c1cn(C)nn1)N(C1CC1)[C@H]1CCC2=Cc3c(cnn3-c3ccc(F)cc3)C[C@]2(C(=O)c2ncc(C(F)(F)F)s2)C1.C=S(=O)(c1cn(C)nn1)N(C1COC1)[C@H]1CCC2=Cc3c(cnn3-c3ccc(F)cc3)C[C@]2(C(=O)c2cc(C(F)(F)F)ccn2)C1.C=S(=O)(c1cn(C)nn1)N(C1COC1)[C@H]1CCC2=Cc3c(cnn3-c3ccc(F)cc3)C[C@]2(C(=O)c2ncc(C(F)(F)F)s2)C1. The molecule has 3 aromatic carbocycles. The van der Waals surface area contributed by atoms with Gasteiger partial charge in [-0.3, -0.25) is 33.4 Å². The lowest BCUT2D eigenvalue weighted by molar-refractivity contribution is -0.138. The lowest BCUT2D eigenvalue weighted by Gasteiger charge is -2.50. The number of aromatic nitrogens is 18. The zero-order chi connectivity index (χ0) is 95.2. The van der Waals surface area contributed by atoms with E-state index in [2.05, 4.69) is 78.8 Å². The van der Waals surface area contributed by atoms with Crippen LogP contribution < -0.4 is 0 Å². The first-order valence-corrected chi connectivity index (χ1v) is 49.4. The smallest absolute Gasteiger partial charge is 0.378 e. The number of carbonyl (C=O) groups is 3. The van der Waals surface area contributed by atoms with E-state index >= 15 is 0 Å². The van der Waals surface area contributed by atoms with E-state index in [0.29, 0.717) is 145 Å². The maximum absolute atomic E-state index is 14.6. The molecule has 135 heavy (non-hydrogen) atoms. The molecule has 4 saturated carbocycles. The first kappa shape index (κ1) is 92.4. The van der Waals surface area contributed by atoms with Crippen molar-refractivity contribution in [2.24, 2.45) is 37.4 Å². The van der Waals surface area contributed by atoms with Crippen molar-refractivity contribution in [1.82, 2.24) is 102 Å². The van der Waals surface area contributed by atoms with Gasteiger partial charge in [0.15, 0.2) is 30.9 Å². The zero-order valence-corrected chi connectivity index (χ0v) is 76.1. The number of nitrogens with zero attached hydrogens (tertiary/aromatic N) is 21. The van der Waals surface area contributed by atoms with Crippen LogP contribution in [-0.4, -0.2) is 212 Å². The monoisotopic (exact) mass is 1960 g/mol. The molecule has 29 nitrogen and oxygen atoms in total. The molecule has 2 aliphatic heterocycles. The number of Topliss-reactive ketones (excluding diaryl/α,β-unsaturated/α-hetero) is 3. The fourth-order valence-corrected chi connectivity index (χ4v) is 27.4. The Hall–Kier alpha value is -11.6. The predicted octanol–water partition coefficient (Wildman–Crippen LogP) is 13.8. The molecule has 0 spiro atoms. The van der Waals surface area contributed by atoms with Crippen molar-refractivity contribution in [2.75, 3.05) is 26.4 Å². The molecule has 706 valence electrons. The van der Waals surface area contributed by atoms with Crippen LogP contribution in [0, 0.1) is 33.7 Å². The number of hydrogen-bond donors (Lipinski definition) is 0. The summed E-state index contributed by atoms with van der Waals surface area (Å²) >= 11 is 0.658. The second-order valence-electron chi connectivity index (χ2n) is 35.1. The lowest BCUT2D eigenvalue weighted by atomic mass is 9.60. The summed E-state index contributed by atoms with van der Waals surface area (Å²) in [7, 11) is -4.49. The second kappa shape index (κ2) is 34.6. The van der Waals surface area contributed by atoms with Gasteiger partial charge >= 0.3 is 18.5 Å². The number of aryl methyl sites for hydroxylation is 3. The number of carbonyl (C=O) groups excluding carboxylic acids is 3. The van der Waals surface area contributed by atoms with E-state index in [9.17, 15) is 79.7 Å². The predicted molar refractivity (Wildman–Crippen MR) is 474 cm³/mol. The Bertz CT molecular complexity index is 7130. The van der Waals surface area contributed by atoms with E-state index in [0.717, 1.165) is 53.6 Å². The van der Waals surface area contributed by atoms with Gasteiger partial charge in [-0.1, -0.05) is 32.4 Å². The van der Waals surface area contributed by atoms with Gasteiger partial charge < -0.3 is 9.47 Å². The third kappa shape index (κ3) is 17.1. The van der Waals surface area contributed by atoms with Gasteiger partial charge in [-0.05, 0) is 227 Å². The van der Waals surface area contributed by atoms with Crippen molar-refractivity contribution in [3.05, 3.63) is 240 Å². The van der Waals surface area contributed by atoms with Gasteiger partial charge in [0, 0.05) is 51.5 Å². The number of benzene rings is 3. The Labute approximate surface area is 772 Å². The Balaban J connectivity index is 0.000000130. The molecule has 0 radical (unpaired) electrons. The number of allylic oxidation sites excluding steroid dienone is 3. The molecule has 46 heteroatoms. The van der Waals surface area contributed by atoms with Gasteiger partial charge in [0.2, 0.25) is 11.6 Å². The number of alkyl halides is 9. The van der Waals surface area contributed by atoms with Gasteiger partial charge in [-0.2, -0.15) is 54.8 Å². The first-order chi connectivity index (χ1) is 64.1. The minimum absolute atomic E-state index is 0.0261. The summed E-state index contributed by atoms with van der Waals surface area (Å²) in [5.74, 6) is 9.48. The first-order valence-electron chi connectivity index (χ1n) is 42.7. The van der Waals surface area contributed by atoms with Gasteiger partial charge in [-0.25, -0.2) is 62.7 Å². The summed E-state index contributed by atoms with van der Waals surface area (Å²) in [6, 6.07) is 17.3. The second-order valence-corrected chi connectivity index (χ2v) is 43.5. The van der Waals surface area contributed by atoms with Crippen LogP contribution >= 0.6 is 22.7 Å². The van der Waals surface area contributed by atoms with Crippen LogP contribution in [0.1, 0.15) is 150 Å². The Morgan fingerprint density at radius 3 is 1.04 bits per heavy atom. The van der Waals surface area contributed by atoms with E-state index in [4.69, 9.17) is 9.47 Å². The number of thiazole rings is 2. The Morgan fingerprint density at radius 2 is 0.756 bits per heavy atom. The average Bonchev–Trinajstić information content (AvgIpc) is 1.71. The minimum atomic E-state index is -4.67. The number of fused-ring (bicyclic) bond motifs is 6. The number of hydrogen-bond acceptors (Lipinski definition) is 22. The quantitative estimate of drug-likeness (QED) is 0.0366. The maximum atomic E-state index is 14.6. The van der Waals surface area contributed by atoms with Crippen LogP contribution in [0.3, 0.4) is 0 Å². The highest BCUT2D eigenvalue weighted by Crippen LogP contribution is 2.58. The molecule has 9 atom stereocenters. The van der Waals surface area contributed by atoms with E-state index in [1.807, 2.05) is 22.5 Å². The number of halogens is 12. The van der Waals surface area contributed by atoms with Crippen LogP contribution in [-0.2, 0) is 97.5 Å². The summed E-state index contributed by atoms with van der Waals surface area (Å²) in [4.78, 5) is 53.6. The lowest BCUT2D eigenvalue weighted by Crippen LogP contribution is -2.59. The third-order valence-corrected chi connectivity index (χ3v) is 34.8. The van der Waals surface area contributed by atoms with Crippen LogP contribution in [0.15, 0.2) is 172 Å². The van der Waals surface area contributed by atoms with Crippen molar-refractivity contribution in [1.29, 1.82) is 0 Å². The molecular weight excluding hydrogens is 1880 g/mol. The molecule has 2 saturated heterocycles. The molecule has 12 aromatic rings. The minimum Gasteiger partial charge on any atom is -0.378 e. The molecular formula is C89H83F12N21O8S5. The highest BCUT2D eigenvalue weighted by Gasteiger charge is 2.58. The van der Waals surface area contributed by atoms with Crippen molar-refractivity contribution in [3.8, 4) is 17.1 Å². The van der Waals surface area contributed by atoms with E-state index < -0.39 is 120 Å². The molecule has 3 unspecified atom stereocenters. The fraction of sp³-hybridized carbons (Fsp3) is 0.371. The van der Waals surface area contributed by atoms with Crippen molar-refractivity contribution in [2.45, 2.75) is 160 Å². The largest absolute Gasteiger partial charge is 0.427 e. The summed E-state index contributed by atoms with van der Waals surface area (Å²) in [5.41, 5.74) is 3.19. The molecule has 21 rings (SSSR count). The Kier molecular flexibility index (Phi) is 23.7. The summed E-state index contributed by atoms with van der Waals surface area (Å²) in [6.07, 6.45) is 8.88. The van der Waals surface area contributed by atoms with Crippen LogP contribution in [0.2, 0.25) is 0 Å². The highest BCUT2D eigenvalue weighted by molar-refractivity contribution is 7.98. The highest BCUT2D eigenvalue weighted by atomic mass is 32.2. The van der Waals surface area contributed by atoms with Gasteiger partial charge in [0.1, 0.15) is 32.9 Å². The molecule has 9 aromatic heterocycles. The van der Waals surface area contributed by atoms with Crippen LogP contribution in [0.25, 0.3) is 35.3 Å². The van der Waals surface area contributed by atoms with Crippen LogP contribution in [0.4, 0.5) is 52.7 Å². The van der Waals surface area contributed by atoms with Crippen LogP contribution in [0.5, 0.6) is 0 Å². The number of rotatable bonds is 21. The summed E-state index contributed by atoms with van der Waals surface area (Å²) < 4.78 is 232. The third-order valence-electron chi connectivity index (χ3n) is 26.4. The van der Waals surface area contributed by atoms with Gasteiger partial charge in [-0.15, -0.1) is 38.0 Å². The molecule has 9 aliphatic rings. The van der Waals surface area contributed by atoms with Gasteiger partial charge in [0.25, 0.3) is 0 Å². The average molecular weight is 1960 g/mol. The van der Waals surface area contributed by atoms with Crippen molar-refractivity contribution < 1.29 is 89.2 Å². The topological polar surface area (TPSA) is 315 Å². The maximum Gasteiger partial charge on any atom is 0.427 e. The molecule has 11 heterocycles. The molecule has 7 aliphatic carbocycles. The standard InChI is InChI=1S/C31H29F4N7O3S.C29H27F4N7O3S2.C29H27F4N7O2S2/c1-40-16-28(38-39-40)46(2,44)42(25-17-45-18-25)24-6-3-20-12-27-19(15-37-41(27)23-7-4-22(32)5-8-23)13-30(20,14-24)29(43)26-11-21(9-10-36-26)31(33,34)35;1-38-14-25(36-37-38)45(2,42)40(22-15-43-16-22)21-6-3-18-9-23-17(12-35-39(23)20-7-4-19(30)5-8-20)10-28(18,11-21)26(41)27-34-13-24(44-27)29(31,32)33;1-38-16-25(36-37-38)44(2,42)40(21-9-10-21)22-6-3-18-11-23-17(14-35-39(23)20-7-4-19(30)5-8-20)12-28(18,13-22)26(41)27-34-15-24(43-27)29(31,32)33/h4-5,7-12,15-16,24-25H,2-3,6,13-14,17-18H2,1H3;4-5,7-9,12-14,21-22H,2-3,6,10-11,15-16H2,1H3;4-5,7-8,11,14-16,21-22H,2-3,6,9-10,12-13H2,1H3/t24-,30-,46?;21-,28-,45?;22-,28-,44?/m000/s1. The Morgan fingerprint density at radius 1 is 0.430 bits per heavy atom. The van der Waals surface area contributed by atoms with E-state index in [-0.39, 0.29) is 99.3 Å². The van der Waals surface area contributed by atoms with E-state index in [1.165, 1.54) is 50.4 Å². The molecule has 6 fully saturated rings. The molecule has 0 N–H and O–H groups in total. The van der Waals surface area contributed by atoms with E-state index in [1.54, 1.807) is 117 Å².